The van der Waals surface area contributed by atoms with E-state index in [0.717, 1.165) is 0 Å². The van der Waals surface area contributed by atoms with Crippen molar-refractivity contribution < 1.29 is 27.9 Å². The van der Waals surface area contributed by atoms with Gasteiger partial charge in [-0.2, -0.15) is 4.31 Å². The lowest BCUT2D eigenvalue weighted by Gasteiger charge is -2.33. The Balaban J connectivity index is 1.48. The number of anilines is 2. The summed E-state index contributed by atoms with van der Waals surface area (Å²) in [5, 5.41) is 15.5. The van der Waals surface area contributed by atoms with Gasteiger partial charge in [-0.15, -0.1) is 0 Å². The second-order valence-corrected chi connectivity index (χ2v) is 12.7. The van der Waals surface area contributed by atoms with E-state index in [1.54, 1.807) is 37.3 Å². The van der Waals surface area contributed by atoms with Crippen LogP contribution in [0.25, 0.3) is 5.57 Å². The van der Waals surface area contributed by atoms with Gasteiger partial charge < -0.3 is 20.5 Å². The number of nitrogens with one attached hydrogen (secondary N) is 2. The highest BCUT2D eigenvalue weighted by atomic mass is 32.2. The van der Waals surface area contributed by atoms with E-state index >= 15 is 0 Å². The highest BCUT2D eigenvalue weighted by Crippen LogP contribution is 2.41. The molecule has 222 valence electrons. The molecule has 11 heteroatoms. The van der Waals surface area contributed by atoms with Crippen LogP contribution in [0.4, 0.5) is 11.4 Å². The molecule has 0 spiro atoms. The van der Waals surface area contributed by atoms with Crippen molar-refractivity contribution in [2.24, 2.45) is 11.8 Å². The predicted molar refractivity (Wildman–Crippen MR) is 161 cm³/mol. The van der Waals surface area contributed by atoms with Gasteiger partial charge in [0.2, 0.25) is 10.0 Å². The maximum atomic E-state index is 13.4. The fourth-order valence-corrected chi connectivity index (χ4v) is 7.08. The van der Waals surface area contributed by atoms with Crippen molar-refractivity contribution in [1.29, 1.82) is 0 Å². The van der Waals surface area contributed by atoms with Gasteiger partial charge in [0.25, 0.3) is 5.91 Å². The molecule has 2 aliphatic heterocycles. The van der Waals surface area contributed by atoms with E-state index in [1.165, 1.54) is 11.4 Å². The van der Waals surface area contributed by atoms with E-state index in [9.17, 15) is 18.0 Å². The van der Waals surface area contributed by atoms with Gasteiger partial charge in [-0.05, 0) is 54.8 Å². The van der Waals surface area contributed by atoms with Crippen LogP contribution in [-0.2, 0) is 19.6 Å². The molecular weight excluding hydrogens is 556 g/mol. The molecular formula is C31H36N4O6S. The number of ether oxygens (including phenoxy) is 1. The Hall–Kier alpha value is -3.77. The van der Waals surface area contributed by atoms with Crippen molar-refractivity contribution in [2.45, 2.75) is 18.7 Å². The molecule has 3 aliphatic rings. The summed E-state index contributed by atoms with van der Waals surface area (Å²) >= 11 is 0. The number of carbonyl (C=O) groups excluding carboxylic acids is 2. The number of methoxy groups -OCH3 is 1. The fourth-order valence-electron chi connectivity index (χ4n) is 5.66. The molecule has 0 aromatic heterocycles. The number of β-amino-alcohol motifs (C(OH)–C–C–N with tert-alkyl or cyclic N) is 1. The van der Waals surface area contributed by atoms with Gasteiger partial charge in [0, 0.05) is 55.6 Å². The van der Waals surface area contributed by atoms with E-state index in [4.69, 9.17) is 9.84 Å². The maximum Gasteiger partial charge on any atom is 0.338 e. The van der Waals surface area contributed by atoms with Crippen molar-refractivity contribution in [1.82, 2.24) is 9.21 Å². The van der Waals surface area contributed by atoms with Gasteiger partial charge in [-0.3, -0.25) is 9.69 Å². The molecule has 0 bridgehead atoms. The summed E-state index contributed by atoms with van der Waals surface area (Å²) < 4.78 is 33.0. The number of amides is 1. The fraction of sp³-hybridized carbons (Fsp3) is 0.355. The number of carbonyl (C=O) groups is 2. The van der Waals surface area contributed by atoms with E-state index in [0.29, 0.717) is 72.1 Å². The largest absolute Gasteiger partial charge is 0.465 e. The number of hydrogen-bond donors (Lipinski definition) is 3. The summed E-state index contributed by atoms with van der Waals surface area (Å²) in [7, 11) is -2.35. The molecule has 2 aromatic carbocycles. The van der Waals surface area contributed by atoms with Crippen molar-refractivity contribution in [3.05, 3.63) is 83.1 Å². The number of benzene rings is 2. The van der Waals surface area contributed by atoms with Crippen LogP contribution in [0, 0.1) is 18.8 Å². The van der Waals surface area contributed by atoms with Crippen LogP contribution in [0.15, 0.2) is 71.3 Å². The molecule has 10 nitrogen and oxygen atoms in total. The Kier molecular flexibility index (Phi) is 8.65. The maximum absolute atomic E-state index is 13.4. The van der Waals surface area contributed by atoms with Gasteiger partial charge in [0.15, 0.2) is 0 Å². The topological polar surface area (TPSA) is 128 Å². The number of esters is 1. The van der Waals surface area contributed by atoms with E-state index in [2.05, 4.69) is 23.6 Å². The minimum Gasteiger partial charge on any atom is -0.465 e. The van der Waals surface area contributed by atoms with Gasteiger partial charge in [-0.1, -0.05) is 31.2 Å². The highest BCUT2D eigenvalue weighted by Gasteiger charge is 2.34. The summed E-state index contributed by atoms with van der Waals surface area (Å²) in [5.41, 5.74) is 4.08. The molecule has 2 atom stereocenters. The molecule has 1 amide bonds. The third-order valence-corrected chi connectivity index (χ3v) is 9.96. The first-order valence-electron chi connectivity index (χ1n) is 14.0. The summed E-state index contributed by atoms with van der Waals surface area (Å²) in [6, 6.07) is 10.0. The number of piperazine rings is 1. The third kappa shape index (κ3) is 5.78. The Morgan fingerprint density at radius 3 is 2.43 bits per heavy atom. The number of fused-ring (bicyclic) bond motifs is 1. The number of allylic oxidation sites excluding steroid dienone is 4. The lowest BCUT2D eigenvalue weighted by Crippen LogP contribution is -2.49. The zero-order chi connectivity index (χ0) is 30.0. The molecule has 1 aliphatic carbocycles. The number of nitrogens with zero attached hydrogens (tertiary/aromatic N) is 2. The average molecular weight is 593 g/mol. The van der Waals surface area contributed by atoms with Crippen molar-refractivity contribution in [3.63, 3.8) is 0 Å². The molecule has 2 aromatic rings. The number of rotatable bonds is 8. The van der Waals surface area contributed by atoms with Gasteiger partial charge in [0.05, 0.1) is 35.4 Å². The van der Waals surface area contributed by atoms with Crippen molar-refractivity contribution in [2.75, 3.05) is 57.1 Å². The SMILES string of the molecule is COC(=O)c1cc2c(cc1C)/C(=C(/Nc1ccc(S(=O)(=O)N3CCN(CCO)CC3)cc1)C1C=CC=CC1C)C(=O)N2. The highest BCUT2D eigenvalue weighted by molar-refractivity contribution is 7.89. The zero-order valence-corrected chi connectivity index (χ0v) is 24.8. The zero-order valence-electron chi connectivity index (χ0n) is 24.0. The van der Waals surface area contributed by atoms with Crippen LogP contribution in [0.5, 0.6) is 0 Å². The van der Waals surface area contributed by atoms with Crippen LogP contribution in [-0.4, -0.2) is 81.0 Å². The number of aliphatic hydroxyl groups excluding tert-OH is 1. The monoisotopic (exact) mass is 592 g/mol. The lowest BCUT2D eigenvalue weighted by molar-refractivity contribution is -0.110. The predicted octanol–water partition coefficient (Wildman–Crippen LogP) is 3.23. The van der Waals surface area contributed by atoms with Crippen LogP contribution in [0.2, 0.25) is 0 Å². The van der Waals surface area contributed by atoms with Gasteiger partial charge >= 0.3 is 5.97 Å². The summed E-state index contributed by atoms with van der Waals surface area (Å²) in [5.74, 6) is -0.831. The van der Waals surface area contributed by atoms with E-state index in [1.807, 2.05) is 29.2 Å². The average Bonchev–Trinajstić information content (AvgIpc) is 3.30. The van der Waals surface area contributed by atoms with Crippen molar-refractivity contribution in [3.8, 4) is 0 Å². The minimum absolute atomic E-state index is 0.0481. The first-order chi connectivity index (χ1) is 20.1. The molecule has 2 unspecified atom stereocenters. The minimum atomic E-state index is -3.68. The molecule has 0 saturated carbocycles. The number of aliphatic hydroxyl groups is 1. The second-order valence-electron chi connectivity index (χ2n) is 10.7. The van der Waals surface area contributed by atoms with Crippen LogP contribution < -0.4 is 10.6 Å². The Bertz CT molecular complexity index is 1570. The third-order valence-electron chi connectivity index (χ3n) is 8.05. The first kappa shape index (κ1) is 29.7. The summed E-state index contributed by atoms with van der Waals surface area (Å²) in [6.07, 6.45) is 8.03. The van der Waals surface area contributed by atoms with Crippen molar-refractivity contribution >= 4 is 38.8 Å². The van der Waals surface area contributed by atoms with Crippen LogP contribution >= 0.6 is 0 Å². The molecule has 0 radical (unpaired) electrons. The van der Waals surface area contributed by atoms with Crippen LogP contribution in [0.1, 0.15) is 28.4 Å². The van der Waals surface area contributed by atoms with Crippen LogP contribution in [0.3, 0.4) is 0 Å². The Morgan fingerprint density at radius 1 is 1.10 bits per heavy atom. The summed E-state index contributed by atoms with van der Waals surface area (Å²) in [4.78, 5) is 27.9. The Labute approximate surface area is 246 Å². The lowest BCUT2D eigenvalue weighted by atomic mass is 9.84. The molecule has 2 heterocycles. The summed E-state index contributed by atoms with van der Waals surface area (Å²) in [6.45, 7) is 6.33. The van der Waals surface area contributed by atoms with Gasteiger partial charge in [-0.25, -0.2) is 13.2 Å². The Morgan fingerprint density at radius 2 is 1.79 bits per heavy atom. The quantitative estimate of drug-likeness (QED) is 0.315. The normalized spacial score (nSPS) is 22.0. The van der Waals surface area contributed by atoms with Gasteiger partial charge in [0.1, 0.15) is 0 Å². The molecule has 1 fully saturated rings. The standard InChI is InChI=1S/C31H36N4O6S/c1-20-6-4-5-7-24(20)29(28-26-18-21(2)25(31(38)41-3)19-27(26)33-30(28)37)32-22-8-10-23(11-9-22)42(39,40)35-14-12-34(13-15-35)16-17-36/h4-11,18-20,24,32,36H,12-17H2,1-3H3,(H,33,37)/b29-28-. The smallest absolute Gasteiger partial charge is 0.338 e. The molecule has 3 N–H and O–H groups in total. The first-order valence-corrected chi connectivity index (χ1v) is 15.4. The van der Waals surface area contributed by atoms with E-state index in [-0.39, 0.29) is 29.2 Å². The number of hydrogen-bond acceptors (Lipinski definition) is 8. The number of sulfonamides is 1. The second kappa shape index (κ2) is 12.2. The molecule has 5 rings (SSSR count). The molecule has 1 saturated heterocycles. The van der Waals surface area contributed by atoms with E-state index < -0.39 is 16.0 Å². The molecule has 42 heavy (non-hydrogen) atoms. The number of aryl methyl sites for hydroxylation is 1.